The SMILES string of the molecule is [2H]C([2H])([2H])c1cc(C)c(-c2ccc(C([2H])([2H])C(C)(C)C)c[n+]2C)cc1-c1cccc2oc3ccccc3c12. The summed E-state index contributed by atoms with van der Waals surface area (Å²) >= 11 is 0. The molecule has 0 atom stereocenters. The first kappa shape index (κ1) is 16.3. The zero-order valence-corrected chi connectivity index (χ0v) is 19.8. The van der Waals surface area contributed by atoms with Crippen LogP contribution in [0, 0.1) is 19.2 Å². The molecule has 5 rings (SSSR count). The molecule has 0 fully saturated rings. The maximum atomic E-state index is 8.69. The van der Waals surface area contributed by atoms with Crippen molar-refractivity contribution in [3.8, 4) is 22.4 Å². The van der Waals surface area contributed by atoms with Gasteiger partial charge in [0.1, 0.15) is 18.2 Å². The number of benzene rings is 3. The Balaban J connectivity index is 1.77. The monoisotopic (exact) mass is 439 g/mol. The van der Waals surface area contributed by atoms with Crippen molar-refractivity contribution in [1.29, 1.82) is 0 Å². The largest absolute Gasteiger partial charge is 0.456 e. The average Bonchev–Trinajstić information content (AvgIpc) is 3.22. The molecule has 0 saturated carbocycles. The van der Waals surface area contributed by atoms with Crippen LogP contribution in [0.1, 0.15) is 44.3 Å². The van der Waals surface area contributed by atoms with E-state index in [-0.39, 0.29) is 0 Å². The molecular weight excluding hydrogens is 402 g/mol. The Labute approximate surface area is 203 Å². The quantitative estimate of drug-likeness (QED) is 0.261. The van der Waals surface area contributed by atoms with E-state index in [4.69, 9.17) is 11.3 Å². The second-order valence-electron chi connectivity index (χ2n) is 9.78. The van der Waals surface area contributed by atoms with E-state index in [0.717, 1.165) is 38.7 Å². The first-order valence-corrected chi connectivity index (χ1v) is 11.3. The number of furan rings is 1. The highest BCUT2D eigenvalue weighted by atomic mass is 16.3. The van der Waals surface area contributed by atoms with Crippen LogP contribution < -0.4 is 4.57 Å². The van der Waals surface area contributed by atoms with Crippen molar-refractivity contribution in [1.82, 2.24) is 0 Å². The topological polar surface area (TPSA) is 17.0 Å². The van der Waals surface area contributed by atoms with Gasteiger partial charge in [0.2, 0.25) is 5.69 Å². The van der Waals surface area contributed by atoms with Gasteiger partial charge in [-0.2, -0.15) is 0 Å². The standard InChI is InChI=1S/C31H32NO/c1-20-16-21(2)26(27-15-14-22(19-32(27)6)18-31(3,4)5)17-25(20)23-11-9-13-29-30(23)24-10-7-8-12-28(24)33-29/h7-17,19H,18H2,1-6H3/q+1/i1D3,18D2. The van der Waals surface area contributed by atoms with Gasteiger partial charge in [0.05, 0.1) is 0 Å². The van der Waals surface area contributed by atoms with Crippen LogP contribution in [0.4, 0.5) is 0 Å². The number of para-hydroxylation sites is 1. The van der Waals surface area contributed by atoms with Crippen LogP contribution in [0.5, 0.6) is 0 Å². The summed E-state index contributed by atoms with van der Waals surface area (Å²) in [6, 6.07) is 21.0. The molecule has 5 aromatic rings. The molecule has 0 amide bonds. The van der Waals surface area contributed by atoms with Crippen LogP contribution in [0.25, 0.3) is 44.3 Å². The Bertz CT molecular complexity index is 1690. The maximum Gasteiger partial charge on any atom is 0.212 e. The molecule has 2 nitrogen and oxygen atoms in total. The molecule has 0 aliphatic heterocycles. The zero-order chi connectivity index (χ0) is 27.6. The number of aryl methyl sites for hydroxylation is 3. The highest BCUT2D eigenvalue weighted by Crippen LogP contribution is 2.39. The van der Waals surface area contributed by atoms with Crippen molar-refractivity contribution < 1.29 is 15.8 Å². The Morgan fingerprint density at radius 3 is 2.42 bits per heavy atom. The highest BCUT2D eigenvalue weighted by Gasteiger charge is 2.20. The lowest BCUT2D eigenvalue weighted by molar-refractivity contribution is -0.660. The average molecular weight is 440 g/mol. The normalized spacial score (nSPS) is 15.1. The molecular formula is C31H32NO+. The fraction of sp³-hybridized carbons (Fsp3) is 0.258. The molecule has 0 saturated heterocycles. The minimum atomic E-state index is -2.31. The third-order valence-electron chi connectivity index (χ3n) is 5.99. The lowest BCUT2D eigenvalue weighted by Crippen LogP contribution is -2.32. The zero-order valence-electron chi connectivity index (χ0n) is 24.8. The first-order valence-electron chi connectivity index (χ1n) is 13.8. The van der Waals surface area contributed by atoms with Crippen molar-refractivity contribution in [3.63, 3.8) is 0 Å². The molecule has 2 heterocycles. The molecule has 0 aliphatic carbocycles. The smallest absolute Gasteiger partial charge is 0.212 e. The van der Waals surface area contributed by atoms with Crippen molar-refractivity contribution in [3.05, 3.63) is 89.6 Å². The van der Waals surface area contributed by atoms with Gasteiger partial charge in [0.25, 0.3) is 0 Å². The summed E-state index contributed by atoms with van der Waals surface area (Å²) in [6.07, 6.45) is 0.314. The third kappa shape index (κ3) is 3.95. The molecule has 0 aliphatic rings. The van der Waals surface area contributed by atoms with Gasteiger partial charge in [0.15, 0.2) is 6.20 Å². The Kier molecular flexibility index (Phi) is 3.88. The second-order valence-corrected chi connectivity index (χ2v) is 9.78. The summed E-state index contributed by atoms with van der Waals surface area (Å²) in [5, 5.41) is 1.83. The predicted octanol–water partition coefficient (Wildman–Crippen LogP) is 7.95. The van der Waals surface area contributed by atoms with Gasteiger partial charge in [-0.05, 0) is 72.1 Å². The molecule has 166 valence electrons. The molecule has 3 aromatic carbocycles. The van der Waals surface area contributed by atoms with Crippen LogP contribution >= 0.6 is 0 Å². The molecule has 2 aromatic heterocycles. The Hall–Kier alpha value is -3.39. The summed E-state index contributed by atoms with van der Waals surface area (Å²) in [4.78, 5) is 0. The van der Waals surface area contributed by atoms with Crippen molar-refractivity contribution >= 4 is 21.9 Å². The molecule has 33 heavy (non-hydrogen) atoms. The minimum absolute atomic E-state index is 0.292. The predicted molar refractivity (Wildman–Crippen MR) is 138 cm³/mol. The number of hydrogen-bond acceptors (Lipinski definition) is 1. The fourth-order valence-electron chi connectivity index (χ4n) is 4.60. The van der Waals surface area contributed by atoms with E-state index in [1.54, 1.807) is 6.07 Å². The van der Waals surface area contributed by atoms with Gasteiger partial charge in [-0.1, -0.05) is 57.2 Å². The van der Waals surface area contributed by atoms with Crippen molar-refractivity contribution in [2.75, 3.05) is 0 Å². The van der Waals surface area contributed by atoms with Crippen LogP contribution in [0.15, 0.2) is 77.3 Å². The fourth-order valence-corrected chi connectivity index (χ4v) is 4.60. The number of hydrogen-bond donors (Lipinski definition) is 0. The van der Waals surface area contributed by atoms with Gasteiger partial charge in [-0.15, -0.1) is 0 Å². The van der Waals surface area contributed by atoms with E-state index in [9.17, 15) is 0 Å². The first-order chi connectivity index (χ1) is 17.7. The summed E-state index contributed by atoms with van der Waals surface area (Å²) in [7, 11) is 1.90. The van der Waals surface area contributed by atoms with E-state index in [1.807, 2.05) is 106 Å². The van der Waals surface area contributed by atoms with Crippen LogP contribution in [-0.4, -0.2) is 0 Å². The third-order valence-corrected chi connectivity index (χ3v) is 5.99. The molecule has 0 spiro atoms. The number of pyridine rings is 1. The maximum absolute atomic E-state index is 8.69. The Morgan fingerprint density at radius 2 is 1.67 bits per heavy atom. The van der Waals surface area contributed by atoms with Gasteiger partial charge >= 0.3 is 0 Å². The second kappa shape index (κ2) is 7.88. The summed E-state index contributed by atoms with van der Waals surface area (Å²) in [5.41, 5.74) is 5.84. The van der Waals surface area contributed by atoms with E-state index >= 15 is 0 Å². The molecule has 0 radical (unpaired) electrons. The number of nitrogens with zero attached hydrogens (tertiary/aromatic N) is 1. The van der Waals surface area contributed by atoms with E-state index in [2.05, 4.69) is 0 Å². The molecule has 0 N–H and O–H groups in total. The summed E-state index contributed by atoms with van der Waals surface area (Å²) in [6.45, 7) is 5.29. The van der Waals surface area contributed by atoms with Crippen LogP contribution in [0.2, 0.25) is 0 Å². The van der Waals surface area contributed by atoms with E-state index in [1.165, 1.54) is 0 Å². The van der Waals surface area contributed by atoms with Crippen molar-refractivity contribution in [2.24, 2.45) is 12.5 Å². The number of rotatable bonds is 3. The van der Waals surface area contributed by atoms with Crippen LogP contribution in [-0.2, 0) is 13.4 Å². The van der Waals surface area contributed by atoms with E-state index in [0.29, 0.717) is 22.3 Å². The number of aromatic nitrogens is 1. The molecule has 0 unspecified atom stereocenters. The lowest BCUT2D eigenvalue weighted by Gasteiger charge is -2.17. The van der Waals surface area contributed by atoms with E-state index < -0.39 is 18.6 Å². The minimum Gasteiger partial charge on any atom is -0.456 e. The van der Waals surface area contributed by atoms with Gasteiger partial charge in [0, 0.05) is 34.8 Å². The molecule has 2 heteroatoms. The lowest BCUT2D eigenvalue weighted by atomic mass is 9.88. The van der Waals surface area contributed by atoms with Crippen LogP contribution in [0.3, 0.4) is 0 Å². The molecule has 0 bridgehead atoms. The highest BCUT2D eigenvalue weighted by molar-refractivity contribution is 6.12. The van der Waals surface area contributed by atoms with Gasteiger partial charge < -0.3 is 4.42 Å². The van der Waals surface area contributed by atoms with Gasteiger partial charge in [-0.25, -0.2) is 4.57 Å². The number of fused-ring (bicyclic) bond motifs is 3. The summed E-state index contributed by atoms with van der Waals surface area (Å²) in [5.74, 6) is 0. The van der Waals surface area contributed by atoms with Crippen molar-refractivity contribution in [2.45, 2.75) is 40.9 Å². The Morgan fingerprint density at radius 1 is 0.879 bits per heavy atom. The van der Waals surface area contributed by atoms with Gasteiger partial charge in [-0.3, -0.25) is 0 Å². The summed E-state index contributed by atoms with van der Waals surface area (Å²) < 4.78 is 50.4.